The van der Waals surface area contributed by atoms with Crippen LogP contribution in [0.2, 0.25) is 0 Å². The third kappa shape index (κ3) is 2.62. The standard InChI is InChI=1S/C6H11N3O4/c1-2-3(4(10)11)9(5(7)12)6(8)13/h3H,2H2,1H3,(H2,7,12)(H2,8,13)(H,10,11)/t3-/m0/s1. The third-order valence-corrected chi connectivity index (χ3v) is 1.46. The van der Waals surface area contributed by atoms with E-state index in [-0.39, 0.29) is 6.42 Å². The van der Waals surface area contributed by atoms with Crippen LogP contribution in [-0.4, -0.2) is 34.1 Å². The van der Waals surface area contributed by atoms with E-state index < -0.39 is 24.1 Å². The minimum atomic E-state index is -1.32. The van der Waals surface area contributed by atoms with Crippen LogP contribution in [0.5, 0.6) is 0 Å². The Bertz CT molecular complexity index is 226. The maximum atomic E-state index is 10.6. The van der Waals surface area contributed by atoms with Crippen LogP contribution in [0.15, 0.2) is 0 Å². The normalized spacial score (nSPS) is 11.8. The molecule has 0 unspecified atom stereocenters. The van der Waals surface area contributed by atoms with Crippen LogP contribution in [-0.2, 0) is 4.79 Å². The lowest BCUT2D eigenvalue weighted by Gasteiger charge is -2.21. The van der Waals surface area contributed by atoms with Crippen molar-refractivity contribution in [3.05, 3.63) is 0 Å². The second kappa shape index (κ2) is 4.29. The molecule has 13 heavy (non-hydrogen) atoms. The highest BCUT2D eigenvalue weighted by Crippen LogP contribution is 2.03. The van der Waals surface area contributed by atoms with Crippen molar-refractivity contribution >= 4 is 18.0 Å². The van der Waals surface area contributed by atoms with Gasteiger partial charge in [-0.3, -0.25) is 0 Å². The van der Waals surface area contributed by atoms with Crippen LogP contribution >= 0.6 is 0 Å². The first-order valence-corrected chi connectivity index (χ1v) is 3.52. The van der Waals surface area contributed by atoms with Crippen LogP contribution in [0.25, 0.3) is 0 Å². The molecule has 0 rings (SSSR count). The zero-order chi connectivity index (χ0) is 10.6. The highest BCUT2D eigenvalue weighted by molar-refractivity contribution is 5.96. The van der Waals surface area contributed by atoms with E-state index >= 15 is 0 Å². The van der Waals surface area contributed by atoms with Crippen molar-refractivity contribution in [1.29, 1.82) is 0 Å². The summed E-state index contributed by atoms with van der Waals surface area (Å²) in [5, 5.41) is 8.58. The van der Waals surface area contributed by atoms with E-state index in [0.29, 0.717) is 4.90 Å². The van der Waals surface area contributed by atoms with Crippen molar-refractivity contribution in [3.8, 4) is 0 Å². The van der Waals surface area contributed by atoms with Gasteiger partial charge in [-0.1, -0.05) is 6.92 Å². The molecule has 0 aliphatic carbocycles. The third-order valence-electron chi connectivity index (χ3n) is 1.46. The molecule has 0 aromatic rings. The largest absolute Gasteiger partial charge is 0.480 e. The van der Waals surface area contributed by atoms with Gasteiger partial charge < -0.3 is 16.6 Å². The number of carboxylic acids is 1. The van der Waals surface area contributed by atoms with E-state index in [2.05, 4.69) is 0 Å². The summed E-state index contributed by atoms with van der Waals surface area (Å²) in [6.45, 7) is 1.50. The number of hydrogen-bond donors (Lipinski definition) is 3. The lowest BCUT2D eigenvalue weighted by Crippen LogP contribution is -2.52. The smallest absolute Gasteiger partial charge is 0.327 e. The average molecular weight is 189 g/mol. The van der Waals surface area contributed by atoms with Crippen LogP contribution in [0.3, 0.4) is 0 Å². The maximum Gasteiger partial charge on any atom is 0.327 e. The number of primary amides is 2. The fraction of sp³-hybridized carbons (Fsp3) is 0.500. The molecule has 7 heteroatoms. The molecule has 0 spiro atoms. The van der Waals surface area contributed by atoms with Gasteiger partial charge >= 0.3 is 18.0 Å². The first-order chi connectivity index (χ1) is 5.91. The first kappa shape index (κ1) is 11.2. The van der Waals surface area contributed by atoms with Gasteiger partial charge in [0.2, 0.25) is 0 Å². The van der Waals surface area contributed by atoms with Gasteiger partial charge in [-0.25, -0.2) is 19.3 Å². The maximum absolute atomic E-state index is 10.6. The predicted molar refractivity (Wildman–Crippen MR) is 42.7 cm³/mol. The summed E-state index contributed by atoms with van der Waals surface area (Å²) in [6.07, 6.45) is 0.0568. The van der Waals surface area contributed by atoms with Gasteiger partial charge in [-0.15, -0.1) is 0 Å². The molecule has 0 saturated carbocycles. The molecule has 74 valence electrons. The molecule has 1 atom stereocenters. The highest BCUT2D eigenvalue weighted by Gasteiger charge is 2.30. The van der Waals surface area contributed by atoms with Crippen LogP contribution < -0.4 is 11.5 Å². The zero-order valence-electron chi connectivity index (χ0n) is 7.06. The molecule has 0 aliphatic rings. The summed E-state index contributed by atoms with van der Waals surface area (Å²) in [5.41, 5.74) is 9.55. The van der Waals surface area contributed by atoms with E-state index in [1.165, 1.54) is 6.92 Å². The van der Waals surface area contributed by atoms with E-state index in [4.69, 9.17) is 16.6 Å². The lowest BCUT2D eigenvalue weighted by atomic mass is 10.2. The van der Waals surface area contributed by atoms with Gasteiger partial charge in [0.15, 0.2) is 0 Å². The minimum Gasteiger partial charge on any atom is -0.480 e. The van der Waals surface area contributed by atoms with Gasteiger partial charge in [-0.2, -0.15) is 0 Å². The molecule has 0 aliphatic heterocycles. The molecule has 0 saturated heterocycles. The monoisotopic (exact) mass is 189 g/mol. The number of carbonyl (C=O) groups excluding carboxylic acids is 2. The Balaban J connectivity index is 4.80. The number of amides is 4. The number of urea groups is 2. The lowest BCUT2D eigenvalue weighted by molar-refractivity contribution is -0.141. The quantitative estimate of drug-likeness (QED) is 0.542. The second-order valence-corrected chi connectivity index (χ2v) is 2.31. The van der Waals surface area contributed by atoms with Gasteiger partial charge in [0.05, 0.1) is 0 Å². The summed E-state index contributed by atoms with van der Waals surface area (Å²) in [4.78, 5) is 32.1. The topological polar surface area (TPSA) is 127 Å². The van der Waals surface area contributed by atoms with Gasteiger partial charge in [0.25, 0.3) is 0 Å². The fourth-order valence-electron chi connectivity index (χ4n) is 0.883. The molecular weight excluding hydrogens is 178 g/mol. The molecule has 0 aromatic carbocycles. The number of rotatable bonds is 3. The molecule has 0 fully saturated rings. The van der Waals surface area contributed by atoms with Crippen molar-refractivity contribution in [2.24, 2.45) is 11.5 Å². The first-order valence-electron chi connectivity index (χ1n) is 3.52. The average Bonchev–Trinajstić information content (AvgIpc) is 1.97. The van der Waals surface area contributed by atoms with E-state index in [1.54, 1.807) is 0 Å². The molecule has 0 aromatic heterocycles. The van der Waals surface area contributed by atoms with Crippen molar-refractivity contribution in [3.63, 3.8) is 0 Å². The van der Waals surface area contributed by atoms with Crippen molar-refractivity contribution < 1.29 is 19.5 Å². The number of aliphatic carboxylic acids is 1. The van der Waals surface area contributed by atoms with Gasteiger partial charge in [0, 0.05) is 0 Å². The zero-order valence-corrected chi connectivity index (χ0v) is 7.06. The highest BCUT2D eigenvalue weighted by atomic mass is 16.4. The SMILES string of the molecule is CC[C@@H](C(=O)O)N(C(N)=O)C(N)=O. The van der Waals surface area contributed by atoms with Gasteiger partial charge in [0.1, 0.15) is 6.04 Å². The molecule has 5 N–H and O–H groups in total. The van der Waals surface area contributed by atoms with Crippen molar-refractivity contribution in [2.45, 2.75) is 19.4 Å². The Hall–Kier alpha value is -1.79. The predicted octanol–water partition coefficient (Wildman–Crippen LogP) is -0.691. The van der Waals surface area contributed by atoms with Crippen LogP contribution in [0.4, 0.5) is 9.59 Å². The van der Waals surface area contributed by atoms with E-state index in [0.717, 1.165) is 0 Å². The van der Waals surface area contributed by atoms with Crippen molar-refractivity contribution in [2.75, 3.05) is 0 Å². The van der Waals surface area contributed by atoms with Crippen molar-refractivity contribution in [1.82, 2.24) is 4.90 Å². The molecule has 4 amide bonds. The Morgan fingerprint density at radius 1 is 1.31 bits per heavy atom. The number of nitrogens with two attached hydrogens (primary N) is 2. The summed E-state index contributed by atoms with van der Waals surface area (Å²) in [5.74, 6) is -1.32. The summed E-state index contributed by atoms with van der Waals surface area (Å²) < 4.78 is 0. The number of hydrogen-bond acceptors (Lipinski definition) is 3. The Labute approximate surface area is 74.3 Å². The fourth-order valence-corrected chi connectivity index (χ4v) is 0.883. The van der Waals surface area contributed by atoms with Gasteiger partial charge in [-0.05, 0) is 6.42 Å². The Morgan fingerprint density at radius 2 is 1.69 bits per heavy atom. The second-order valence-electron chi connectivity index (χ2n) is 2.31. The summed E-state index contributed by atoms with van der Waals surface area (Å²) in [7, 11) is 0. The number of carboxylic acid groups (broad SMARTS) is 1. The van der Waals surface area contributed by atoms with Crippen LogP contribution in [0.1, 0.15) is 13.3 Å². The van der Waals surface area contributed by atoms with Crippen LogP contribution in [0, 0.1) is 0 Å². The number of imide groups is 1. The Morgan fingerprint density at radius 3 is 1.77 bits per heavy atom. The molecule has 0 heterocycles. The van der Waals surface area contributed by atoms with E-state index in [1.807, 2.05) is 0 Å². The van der Waals surface area contributed by atoms with E-state index in [9.17, 15) is 14.4 Å². The number of carbonyl (C=O) groups is 3. The molecule has 0 radical (unpaired) electrons. The molecular formula is C6H11N3O4. The number of nitrogens with zero attached hydrogens (tertiary/aromatic N) is 1. The molecule has 0 bridgehead atoms. The minimum absolute atomic E-state index is 0.0568. The Kier molecular flexibility index (Phi) is 3.70. The summed E-state index contributed by atoms with van der Waals surface area (Å²) >= 11 is 0. The summed E-state index contributed by atoms with van der Waals surface area (Å²) in [6, 6.07) is -3.63. The molecule has 7 nitrogen and oxygen atoms in total.